The van der Waals surface area contributed by atoms with Gasteiger partial charge in [0.05, 0.1) is 17.9 Å². The quantitative estimate of drug-likeness (QED) is 0.842. The summed E-state index contributed by atoms with van der Waals surface area (Å²) in [7, 11) is 0. The second-order valence-electron chi connectivity index (χ2n) is 8.60. The highest BCUT2D eigenvalue weighted by Gasteiger charge is 2.27. The van der Waals surface area contributed by atoms with E-state index in [1.807, 2.05) is 0 Å². The average molecular weight is 397 g/mol. The number of hydrogen-bond donors (Lipinski definition) is 1. The molecule has 1 aromatic carbocycles. The van der Waals surface area contributed by atoms with Gasteiger partial charge in [0.15, 0.2) is 0 Å². The largest absolute Gasteiger partial charge is 0.372 e. The van der Waals surface area contributed by atoms with Crippen LogP contribution in [0.25, 0.3) is 0 Å². The van der Waals surface area contributed by atoms with Gasteiger partial charge in [0.2, 0.25) is 5.95 Å². The van der Waals surface area contributed by atoms with Gasteiger partial charge in [0.1, 0.15) is 0 Å². The zero-order valence-corrected chi connectivity index (χ0v) is 17.7. The number of nitrogens with one attached hydrogen (secondary N) is 1. The molecular weight excluding hydrogens is 364 g/mol. The van der Waals surface area contributed by atoms with Crippen LogP contribution in [0.4, 0.5) is 5.95 Å². The number of H-pyrrole nitrogens is 1. The van der Waals surface area contributed by atoms with Gasteiger partial charge in [-0.05, 0) is 44.7 Å². The molecule has 0 unspecified atom stereocenters. The predicted molar refractivity (Wildman–Crippen MR) is 116 cm³/mol. The summed E-state index contributed by atoms with van der Waals surface area (Å²) in [6.07, 6.45) is 2.15. The highest BCUT2D eigenvalue weighted by Crippen LogP contribution is 2.22. The molecule has 29 heavy (non-hydrogen) atoms. The number of anilines is 1. The Morgan fingerprint density at radius 1 is 1.21 bits per heavy atom. The van der Waals surface area contributed by atoms with Crippen LogP contribution in [0.15, 0.2) is 35.1 Å². The minimum Gasteiger partial charge on any atom is -0.372 e. The molecular formula is C23H32N4O2. The normalized spacial score (nSPS) is 23.6. The van der Waals surface area contributed by atoms with Gasteiger partial charge in [0, 0.05) is 31.7 Å². The number of aromatic nitrogens is 2. The van der Waals surface area contributed by atoms with Gasteiger partial charge in [-0.2, -0.15) is 0 Å². The van der Waals surface area contributed by atoms with Crippen molar-refractivity contribution < 1.29 is 4.74 Å². The Morgan fingerprint density at radius 2 is 1.93 bits per heavy atom. The van der Waals surface area contributed by atoms with E-state index in [0.717, 1.165) is 56.8 Å². The van der Waals surface area contributed by atoms with E-state index >= 15 is 0 Å². The monoisotopic (exact) mass is 396 g/mol. The topological polar surface area (TPSA) is 61.5 Å². The number of morpholine rings is 1. The smallest absolute Gasteiger partial charge is 0.255 e. The van der Waals surface area contributed by atoms with E-state index in [9.17, 15) is 4.79 Å². The van der Waals surface area contributed by atoms with Gasteiger partial charge >= 0.3 is 0 Å². The van der Waals surface area contributed by atoms with Crippen LogP contribution < -0.4 is 10.5 Å². The van der Waals surface area contributed by atoms with Gasteiger partial charge in [-0.1, -0.05) is 37.3 Å². The third-order valence-electron chi connectivity index (χ3n) is 6.11. The Hall–Kier alpha value is -2.18. The van der Waals surface area contributed by atoms with Gasteiger partial charge in [-0.3, -0.25) is 14.7 Å². The van der Waals surface area contributed by atoms with Crippen LogP contribution >= 0.6 is 0 Å². The van der Waals surface area contributed by atoms with E-state index in [-0.39, 0.29) is 17.8 Å². The van der Waals surface area contributed by atoms with Crippen LogP contribution in [-0.4, -0.2) is 53.3 Å². The first kappa shape index (κ1) is 20.1. The van der Waals surface area contributed by atoms with Crippen molar-refractivity contribution >= 4 is 5.95 Å². The maximum atomic E-state index is 12.7. The lowest BCUT2D eigenvalue weighted by atomic mass is 9.97. The number of aromatic amines is 1. The van der Waals surface area contributed by atoms with Crippen molar-refractivity contribution in [3.8, 4) is 0 Å². The molecule has 1 N–H and O–H groups in total. The highest BCUT2D eigenvalue weighted by molar-refractivity contribution is 5.35. The molecule has 0 aliphatic carbocycles. The number of fused-ring (bicyclic) bond motifs is 1. The standard InChI is InChI=1S/C23H32N4O2/c1-16(19-7-5-4-6-8-19)9-11-26-12-10-20-21(15-26)24-23(25-22(20)28)27-13-17(2)29-18(3)14-27/h4-8,16-18H,9-15H2,1-3H3,(H,24,25,28)/t16-,17-,18-/m1/s1. The fraction of sp³-hybridized carbons (Fsp3) is 0.565. The number of benzene rings is 1. The first-order valence-corrected chi connectivity index (χ1v) is 10.8. The summed E-state index contributed by atoms with van der Waals surface area (Å²) in [5.74, 6) is 1.21. The van der Waals surface area contributed by atoms with Crippen LogP contribution in [0.3, 0.4) is 0 Å². The molecule has 2 aliphatic heterocycles. The van der Waals surface area contributed by atoms with Gasteiger partial charge in [-0.25, -0.2) is 4.98 Å². The molecule has 1 saturated heterocycles. The van der Waals surface area contributed by atoms with Crippen LogP contribution in [-0.2, 0) is 17.7 Å². The lowest BCUT2D eigenvalue weighted by Crippen LogP contribution is -2.47. The second kappa shape index (κ2) is 8.67. The van der Waals surface area contributed by atoms with Crippen molar-refractivity contribution in [3.63, 3.8) is 0 Å². The molecule has 4 rings (SSSR count). The Kier molecular flexibility index (Phi) is 6.01. The van der Waals surface area contributed by atoms with E-state index in [4.69, 9.17) is 9.72 Å². The molecule has 0 amide bonds. The van der Waals surface area contributed by atoms with E-state index in [1.165, 1.54) is 5.56 Å². The van der Waals surface area contributed by atoms with E-state index in [1.54, 1.807) is 0 Å². The third kappa shape index (κ3) is 4.70. The molecule has 2 aromatic rings. The first-order chi connectivity index (χ1) is 14.0. The molecule has 156 valence electrons. The van der Waals surface area contributed by atoms with Crippen molar-refractivity contribution in [1.82, 2.24) is 14.9 Å². The summed E-state index contributed by atoms with van der Waals surface area (Å²) >= 11 is 0. The van der Waals surface area contributed by atoms with Crippen molar-refractivity contribution in [1.29, 1.82) is 0 Å². The number of rotatable bonds is 5. The number of nitrogens with zero attached hydrogens (tertiary/aromatic N) is 3. The molecule has 0 bridgehead atoms. The molecule has 0 spiro atoms. The molecule has 1 fully saturated rings. The van der Waals surface area contributed by atoms with Crippen molar-refractivity contribution in [2.45, 2.75) is 58.3 Å². The highest BCUT2D eigenvalue weighted by atomic mass is 16.5. The zero-order chi connectivity index (χ0) is 20.4. The third-order valence-corrected chi connectivity index (χ3v) is 6.11. The van der Waals surface area contributed by atoms with Crippen molar-refractivity contribution in [2.75, 3.05) is 31.1 Å². The predicted octanol–water partition coefficient (Wildman–Crippen LogP) is 2.94. The summed E-state index contributed by atoms with van der Waals surface area (Å²) in [4.78, 5) is 25.2. The molecule has 1 aromatic heterocycles. The molecule has 0 radical (unpaired) electrons. The molecule has 3 atom stereocenters. The fourth-order valence-electron chi connectivity index (χ4n) is 4.50. The Balaban J connectivity index is 1.44. The van der Waals surface area contributed by atoms with Crippen LogP contribution in [0, 0.1) is 0 Å². The molecule has 6 nitrogen and oxygen atoms in total. The minimum absolute atomic E-state index is 0.0223. The van der Waals surface area contributed by atoms with E-state index < -0.39 is 0 Å². The molecule has 0 saturated carbocycles. The summed E-state index contributed by atoms with van der Waals surface area (Å²) in [5.41, 5.74) is 3.20. The number of ether oxygens (including phenoxy) is 1. The lowest BCUT2D eigenvalue weighted by molar-refractivity contribution is -0.00576. The van der Waals surface area contributed by atoms with Gasteiger partial charge in [-0.15, -0.1) is 0 Å². The summed E-state index contributed by atoms with van der Waals surface area (Å²) in [5, 5.41) is 0. The second-order valence-corrected chi connectivity index (χ2v) is 8.60. The van der Waals surface area contributed by atoms with Crippen molar-refractivity contribution in [2.24, 2.45) is 0 Å². The Bertz CT molecular complexity index is 872. The van der Waals surface area contributed by atoms with Gasteiger partial charge in [0.25, 0.3) is 5.56 Å². The maximum absolute atomic E-state index is 12.7. The molecule has 6 heteroatoms. The summed E-state index contributed by atoms with van der Waals surface area (Å²) in [6.45, 7) is 10.6. The van der Waals surface area contributed by atoms with E-state index in [2.05, 4.69) is 65.9 Å². The minimum atomic E-state index is 0.0223. The van der Waals surface area contributed by atoms with Gasteiger partial charge < -0.3 is 9.64 Å². The van der Waals surface area contributed by atoms with Crippen LogP contribution in [0.5, 0.6) is 0 Å². The Labute approximate surface area is 172 Å². The SMILES string of the molecule is C[C@@H]1CN(c2nc3c(c(=O)[nH]2)CCN(CC[C@@H](C)c2ccccc2)C3)C[C@@H](C)O1. The molecule has 2 aliphatic rings. The Morgan fingerprint density at radius 3 is 2.66 bits per heavy atom. The maximum Gasteiger partial charge on any atom is 0.255 e. The van der Waals surface area contributed by atoms with Crippen LogP contribution in [0.2, 0.25) is 0 Å². The number of hydrogen-bond acceptors (Lipinski definition) is 5. The average Bonchev–Trinajstić information content (AvgIpc) is 2.71. The fourth-order valence-corrected chi connectivity index (χ4v) is 4.50. The zero-order valence-electron chi connectivity index (χ0n) is 17.7. The molecule has 3 heterocycles. The van der Waals surface area contributed by atoms with E-state index in [0.29, 0.717) is 11.9 Å². The summed E-state index contributed by atoms with van der Waals surface area (Å²) in [6, 6.07) is 10.7. The lowest BCUT2D eigenvalue weighted by Gasteiger charge is -2.36. The summed E-state index contributed by atoms with van der Waals surface area (Å²) < 4.78 is 5.82. The first-order valence-electron chi connectivity index (χ1n) is 10.8. The van der Waals surface area contributed by atoms with Crippen molar-refractivity contribution in [3.05, 3.63) is 57.5 Å². The van der Waals surface area contributed by atoms with Crippen LogP contribution in [0.1, 0.15) is 49.9 Å².